The first-order valence-corrected chi connectivity index (χ1v) is 3.97. The Labute approximate surface area is 76.1 Å². The van der Waals surface area contributed by atoms with E-state index in [9.17, 15) is 5.21 Å². The zero-order valence-electron chi connectivity index (χ0n) is 7.16. The summed E-state index contributed by atoms with van der Waals surface area (Å²) in [7, 11) is 0. The predicted octanol–water partition coefficient (Wildman–Crippen LogP) is -0.827. The molecule has 5 heteroatoms. The minimum atomic E-state index is -1.00. The summed E-state index contributed by atoms with van der Waals surface area (Å²) >= 11 is 0. The summed E-state index contributed by atoms with van der Waals surface area (Å²) in [5.74, 6) is 0. The standard InChI is InChI=1S/C8H13N3O2/c9-4-3-6-1-2-7(10)8(5-6)11(12)13/h1-2,5,11-12H,3-4,9-10H2. The van der Waals surface area contributed by atoms with E-state index in [1.54, 1.807) is 18.2 Å². The molecule has 0 saturated heterocycles. The summed E-state index contributed by atoms with van der Waals surface area (Å²) in [5, 5.41) is 18.4. The Hall–Kier alpha value is -1.14. The first-order valence-electron chi connectivity index (χ1n) is 3.97. The first-order chi connectivity index (χ1) is 6.15. The summed E-state index contributed by atoms with van der Waals surface area (Å²) < 4.78 is 0. The molecule has 1 aromatic rings. The monoisotopic (exact) mass is 183 g/mol. The highest BCUT2D eigenvalue weighted by Gasteiger charge is 2.06. The van der Waals surface area contributed by atoms with E-state index in [2.05, 4.69) is 0 Å². The number of rotatable bonds is 3. The van der Waals surface area contributed by atoms with E-state index in [1.807, 2.05) is 0 Å². The van der Waals surface area contributed by atoms with Crippen LogP contribution in [0.4, 0.5) is 11.4 Å². The predicted molar refractivity (Wildman–Crippen MR) is 49.4 cm³/mol. The van der Waals surface area contributed by atoms with Crippen LogP contribution in [-0.2, 0) is 6.42 Å². The van der Waals surface area contributed by atoms with Crippen LogP contribution in [0.5, 0.6) is 0 Å². The number of quaternary nitrogens is 1. The van der Waals surface area contributed by atoms with Crippen molar-refractivity contribution in [2.45, 2.75) is 6.42 Å². The van der Waals surface area contributed by atoms with Crippen molar-refractivity contribution in [3.63, 3.8) is 0 Å². The second-order valence-corrected chi connectivity index (χ2v) is 2.77. The summed E-state index contributed by atoms with van der Waals surface area (Å²) in [6.07, 6.45) is 0.667. The quantitative estimate of drug-likeness (QED) is 0.363. The molecule has 0 bridgehead atoms. The van der Waals surface area contributed by atoms with E-state index < -0.39 is 5.23 Å². The maximum Gasteiger partial charge on any atom is 0.187 e. The van der Waals surface area contributed by atoms with Crippen LogP contribution in [0.1, 0.15) is 5.56 Å². The van der Waals surface area contributed by atoms with Gasteiger partial charge < -0.3 is 16.7 Å². The van der Waals surface area contributed by atoms with E-state index in [1.165, 1.54) is 0 Å². The fraction of sp³-hybridized carbons (Fsp3) is 0.250. The molecule has 5 nitrogen and oxygen atoms in total. The van der Waals surface area contributed by atoms with Crippen molar-refractivity contribution in [3.8, 4) is 0 Å². The molecule has 0 spiro atoms. The molecule has 0 aliphatic heterocycles. The van der Waals surface area contributed by atoms with Crippen LogP contribution in [0.25, 0.3) is 0 Å². The van der Waals surface area contributed by atoms with Gasteiger partial charge in [-0.25, -0.2) is 5.21 Å². The lowest BCUT2D eigenvalue weighted by molar-refractivity contribution is -0.990. The highest BCUT2D eigenvalue weighted by molar-refractivity contribution is 5.58. The number of benzene rings is 1. The van der Waals surface area contributed by atoms with Crippen molar-refractivity contribution < 1.29 is 10.4 Å². The first kappa shape index (κ1) is 9.94. The minimum Gasteiger partial charge on any atom is -0.595 e. The molecule has 0 aliphatic rings. The molecule has 0 aliphatic carbocycles. The largest absolute Gasteiger partial charge is 0.595 e. The molecule has 6 N–H and O–H groups in total. The van der Waals surface area contributed by atoms with Gasteiger partial charge in [0.1, 0.15) is 0 Å². The van der Waals surface area contributed by atoms with E-state index in [4.69, 9.17) is 16.7 Å². The number of anilines is 1. The Morgan fingerprint density at radius 2 is 2.15 bits per heavy atom. The van der Waals surface area contributed by atoms with Crippen molar-refractivity contribution in [2.24, 2.45) is 5.73 Å². The lowest BCUT2D eigenvalue weighted by Gasteiger charge is -2.14. The number of nitrogen functional groups attached to an aromatic ring is 1. The molecule has 0 heterocycles. The van der Waals surface area contributed by atoms with Crippen molar-refractivity contribution in [3.05, 3.63) is 29.0 Å². The average molecular weight is 183 g/mol. The Balaban J connectivity index is 2.97. The molecule has 0 fully saturated rings. The molecule has 0 radical (unpaired) electrons. The number of hydrogen-bond donors (Lipinski definition) is 4. The summed E-state index contributed by atoms with van der Waals surface area (Å²) in [4.78, 5) is 0. The highest BCUT2D eigenvalue weighted by Crippen LogP contribution is 2.15. The molecule has 0 saturated carbocycles. The number of nitrogens with two attached hydrogens (primary N) is 2. The molecule has 1 unspecified atom stereocenters. The molecule has 1 atom stereocenters. The molecule has 13 heavy (non-hydrogen) atoms. The van der Waals surface area contributed by atoms with Gasteiger partial charge in [-0.3, -0.25) is 0 Å². The smallest absolute Gasteiger partial charge is 0.187 e. The zero-order chi connectivity index (χ0) is 9.84. The Bertz CT molecular complexity index is 289. The summed E-state index contributed by atoms with van der Waals surface area (Å²) in [6, 6.07) is 4.94. The molecule has 1 aromatic carbocycles. The Morgan fingerprint density at radius 3 is 2.69 bits per heavy atom. The second-order valence-electron chi connectivity index (χ2n) is 2.77. The van der Waals surface area contributed by atoms with Crippen molar-refractivity contribution >= 4 is 11.4 Å². The lowest BCUT2D eigenvalue weighted by Crippen LogP contribution is -2.99. The fourth-order valence-corrected chi connectivity index (χ4v) is 1.11. The van der Waals surface area contributed by atoms with Gasteiger partial charge in [0.25, 0.3) is 0 Å². The van der Waals surface area contributed by atoms with Gasteiger partial charge in [0.05, 0.1) is 5.69 Å². The van der Waals surface area contributed by atoms with Gasteiger partial charge in [0.15, 0.2) is 5.69 Å². The van der Waals surface area contributed by atoms with Gasteiger partial charge in [-0.1, -0.05) is 6.07 Å². The number of hydrogen-bond acceptors (Lipinski definition) is 4. The molecule has 0 amide bonds. The van der Waals surface area contributed by atoms with Crippen LogP contribution in [-0.4, -0.2) is 11.8 Å². The normalized spacial score (nSPS) is 12.8. The van der Waals surface area contributed by atoms with Crippen LogP contribution in [0.2, 0.25) is 0 Å². The van der Waals surface area contributed by atoms with E-state index in [0.717, 1.165) is 5.56 Å². The Kier molecular flexibility index (Phi) is 3.21. The van der Waals surface area contributed by atoms with Gasteiger partial charge in [-0.2, -0.15) is 5.23 Å². The van der Waals surface area contributed by atoms with Gasteiger partial charge in [0.2, 0.25) is 0 Å². The number of nitrogens with one attached hydrogen (secondary N) is 1. The summed E-state index contributed by atoms with van der Waals surface area (Å²) in [6.45, 7) is 0.503. The van der Waals surface area contributed by atoms with E-state index in [-0.39, 0.29) is 11.4 Å². The van der Waals surface area contributed by atoms with Crippen molar-refractivity contribution in [2.75, 3.05) is 12.3 Å². The molecule has 72 valence electrons. The van der Waals surface area contributed by atoms with Gasteiger partial charge in [0, 0.05) is 6.07 Å². The zero-order valence-corrected chi connectivity index (χ0v) is 7.16. The Morgan fingerprint density at radius 1 is 1.46 bits per heavy atom. The van der Waals surface area contributed by atoms with Crippen LogP contribution >= 0.6 is 0 Å². The molecular weight excluding hydrogens is 170 g/mol. The van der Waals surface area contributed by atoms with Gasteiger partial charge in [-0.15, -0.1) is 0 Å². The highest BCUT2D eigenvalue weighted by atomic mass is 16.8. The van der Waals surface area contributed by atoms with Crippen LogP contribution in [0, 0.1) is 5.21 Å². The van der Waals surface area contributed by atoms with E-state index >= 15 is 0 Å². The molecule has 1 rings (SSSR count). The van der Waals surface area contributed by atoms with Crippen LogP contribution in [0.3, 0.4) is 0 Å². The fourth-order valence-electron chi connectivity index (χ4n) is 1.11. The third-order valence-electron chi connectivity index (χ3n) is 1.78. The summed E-state index contributed by atoms with van der Waals surface area (Å²) in [5.41, 5.74) is 12.1. The molecule has 0 aromatic heterocycles. The third kappa shape index (κ3) is 2.40. The second kappa shape index (κ2) is 4.20. The average Bonchev–Trinajstić information content (AvgIpc) is 2.08. The SMILES string of the molecule is NCCc1ccc(N)c([NH+]([O-])O)c1. The van der Waals surface area contributed by atoms with Gasteiger partial charge in [-0.05, 0) is 24.6 Å². The third-order valence-corrected chi connectivity index (χ3v) is 1.78. The lowest BCUT2D eigenvalue weighted by atomic mass is 10.1. The topological polar surface area (TPSA) is 99.8 Å². The van der Waals surface area contributed by atoms with Gasteiger partial charge >= 0.3 is 0 Å². The minimum absolute atomic E-state index is 0.144. The molecular formula is C8H13N3O2. The van der Waals surface area contributed by atoms with Crippen LogP contribution in [0.15, 0.2) is 18.2 Å². The van der Waals surface area contributed by atoms with Crippen molar-refractivity contribution in [1.29, 1.82) is 0 Å². The van der Waals surface area contributed by atoms with Crippen LogP contribution < -0.4 is 16.7 Å². The van der Waals surface area contributed by atoms with E-state index in [0.29, 0.717) is 13.0 Å². The maximum absolute atomic E-state index is 10.7. The maximum atomic E-state index is 10.7. The van der Waals surface area contributed by atoms with Crippen molar-refractivity contribution in [1.82, 2.24) is 0 Å².